The highest BCUT2D eigenvalue weighted by Crippen LogP contribution is 2.45. The number of aromatic nitrogens is 8. The van der Waals surface area contributed by atoms with Gasteiger partial charge in [-0.15, -0.1) is 0 Å². The van der Waals surface area contributed by atoms with Crippen molar-refractivity contribution in [2.24, 2.45) is 28.2 Å². The highest BCUT2D eigenvalue weighted by atomic mass is 16.5. The van der Waals surface area contributed by atoms with Crippen molar-refractivity contribution in [3.8, 4) is 56.8 Å². The predicted octanol–water partition coefficient (Wildman–Crippen LogP) is 20.4. The van der Waals surface area contributed by atoms with Crippen LogP contribution in [0.25, 0.3) is 189 Å². The molecule has 16 heteroatoms. The van der Waals surface area contributed by atoms with Crippen molar-refractivity contribution in [3.05, 3.63) is 265 Å². The van der Waals surface area contributed by atoms with Gasteiger partial charge in [0.15, 0.2) is 22.7 Å². The van der Waals surface area contributed by atoms with Gasteiger partial charge in [0, 0.05) is 86.8 Å². The van der Waals surface area contributed by atoms with Crippen molar-refractivity contribution in [3.63, 3.8) is 0 Å². The number of aryl methyl sites for hydroxylation is 10. The van der Waals surface area contributed by atoms with E-state index in [9.17, 15) is 0 Å². The van der Waals surface area contributed by atoms with Crippen LogP contribution in [0.4, 0.5) is 0 Å². The number of benzene rings is 9. The Morgan fingerprint density at radius 1 is 0.279 bits per heavy atom. The summed E-state index contributed by atoms with van der Waals surface area (Å²) < 4.78 is 56.0. The molecule has 9 aromatic carbocycles. The van der Waals surface area contributed by atoms with E-state index in [0.717, 1.165) is 200 Å². The van der Waals surface area contributed by atoms with Crippen LogP contribution in [-0.2, 0) is 28.2 Å². The van der Waals surface area contributed by atoms with E-state index >= 15 is 0 Å². The molecule has 0 aliphatic rings. The molecular formula is C88H68N8O8+4. The zero-order valence-corrected chi connectivity index (χ0v) is 58.8. The first-order valence-corrected chi connectivity index (χ1v) is 34.4. The van der Waals surface area contributed by atoms with Gasteiger partial charge >= 0.3 is 23.3 Å². The van der Waals surface area contributed by atoms with Crippen LogP contribution in [0.5, 0.6) is 0 Å². The fourth-order valence-corrected chi connectivity index (χ4v) is 14.5. The normalized spacial score (nSPS) is 11.8. The highest BCUT2D eigenvalue weighted by molar-refractivity contribution is 6.21. The first-order valence-electron chi connectivity index (χ1n) is 34.4. The van der Waals surface area contributed by atoms with Crippen LogP contribution in [0.3, 0.4) is 0 Å². The van der Waals surface area contributed by atoms with Gasteiger partial charge < -0.3 is 35.3 Å². The minimum atomic E-state index is 0.555. The number of hydrogen-bond acceptors (Lipinski definition) is 12. The van der Waals surface area contributed by atoms with E-state index in [2.05, 4.69) is 118 Å². The summed E-state index contributed by atoms with van der Waals surface area (Å²) in [7, 11) is 8.02. The molecule has 504 valence electrons. The largest absolute Gasteiger partial charge is 0.425 e. The second kappa shape index (κ2) is 24.8. The second-order valence-corrected chi connectivity index (χ2v) is 26.7. The third kappa shape index (κ3) is 10.6. The van der Waals surface area contributed by atoms with Gasteiger partial charge in [0.1, 0.15) is 50.8 Å². The lowest BCUT2D eigenvalue weighted by Gasteiger charge is -2.05. The maximum absolute atomic E-state index is 6.28. The van der Waals surface area contributed by atoms with Crippen LogP contribution in [0.1, 0.15) is 33.6 Å². The quantitative estimate of drug-likeness (QED) is 0.150. The van der Waals surface area contributed by atoms with E-state index in [1.54, 1.807) is 6.20 Å². The first kappa shape index (κ1) is 62.9. The van der Waals surface area contributed by atoms with Gasteiger partial charge in [0.2, 0.25) is 0 Å². The summed E-state index contributed by atoms with van der Waals surface area (Å²) >= 11 is 0. The lowest BCUT2D eigenvalue weighted by atomic mass is 10.0. The van der Waals surface area contributed by atoms with Crippen molar-refractivity contribution in [1.82, 2.24) is 19.9 Å². The first-order chi connectivity index (χ1) is 50.7. The van der Waals surface area contributed by atoms with Crippen LogP contribution in [-0.4, -0.2) is 19.9 Å². The molecule has 0 fully saturated rings. The zero-order chi connectivity index (χ0) is 70.8. The molecule has 12 aromatic heterocycles. The van der Waals surface area contributed by atoms with Gasteiger partial charge in [-0.05, 0) is 131 Å². The molecule has 16 nitrogen and oxygen atoms in total. The van der Waals surface area contributed by atoms with Crippen LogP contribution >= 0.6 is 0 Å². The number of para-hydroxylation sites is 4. The molecule has 0 bridgehead atoms. The molecule has 0 radical (unpaired) electrons. The molecule has 0 N–H and O–H groups in total. The van der Waals surface area contributed by atoms with Crippen LogP contribution in [0, 0.1) is 41.5 Å². The molecule has 0 amide bonds. The summed E-state index contributed by atoms with van der Waals surface area (Å²) in [6.07, 6.45) is 9.91. The number of nitrogens with zero attached hydrogens (tertiary/aromatic N) is 8. The summed E-state index contributed by atoms with van der Waals surface area (Å²) in [5, 5.41) is 12.8. The minimum absolute atomic E-state index is 0.555. The molecular weight excluding hydrogens is 1300 g/mol. The molecule has 21 rings (SSSR count). The molecule has 21 aromatic rings. The number of hydrogen-bond donors (Lipinski definition) is 0. The van der Waals surface area contributed by atoms with Crippen LogP contribution in [0.15, 0.2) is 267 Å². The van der Waals surface area contributed by atoms with Crippen molar-refractivity contribution >= 4 is 132 Å². The van der Waals surface area contributed by atoms with Gasteiger partial charge in [0.05, 0.1) is 91.2 Å². The summed E-state index contributed by atoms with van der Waals surface area (Å²) in [5.74, 6) is 5.92. The summed E-state index contributed by atoms with van der Waals surface area (Å²) in [4.78, 5) is 18.9. The SMILES string of the molecule is Cc1cc2c(cc1-c1nccc[n+]1C)oc1oc3ccccc3c12.Cc1cc[n+](C)c(-c2cc3oc4oc5ccccc5c4c3cc2C)n1.Cc1cc[n+](C)c(-c2cc3oc4oc5ccccc5c4c3cc2C)n1.Cc1ccc2c(oc3oc4ccccc4c32)c1-c1nc(-c2ccccc2)cc[n+]1C. The summed E-state index contributed by atoms with van der Waals surface area (Å²) in [6.45, 7) is 12.4. The summed E-state index contributed by atoms with van der Waals surface area (Å²) in [6, 6.07) is 67.2. The molecule has 0 aliphatic carbocycles. The number of fused-ring (bicyclic) bond motifs is 20. The molecule has 12 heterocycles. The van der Waals surface area contributed by atoms with Gasteiger partial charge in [-0.1, -0.05) is 115 Å². The van der Waals surface area contributed by atoms with Gasteiger partial charge in [-0.2, -0.15) is 0 Å². The van der Waals surface area contributed by atoms with Crippen molar-refractivity contribution in [2.45, 2.75) is 41.5 Å². The number of rotatable bonds is 5. The highest BCUT2D eigenvalue weighted by Gasteiger charge is 2.29. The van der Waals surface area contributed by atoms with Crippen molar-refractivity contribution in [1.29, 1.82) is 0 Å². The van der Waals surface area contributed by atoms with Crippen LogP contribution in [0.2, 0.25) is 0 Å². The molecule has 0 atom stereocenters. The molecule has 0 spiro atoms. The Balaban J connectivity index is 0.0000000992. The Bertz CT molecular complexity index is 6820. The van der Waals surface area contributed by atoms with Gasteiger partial charge in [-0.25, -0.2) is 18.3 Å². The lowest BCUT2D eigenvalue weighted by molar-refractivity contribution is -0.663. The third-order valence-electron chi connectivity index (χ3n) is 19.7. The smallest absolute Gasteiger partial charge is 0.334 e. The van der Waals surface area contributed by atoms with E-state index in [1.165, 1.54) is 0 Å². The average molecular weight is 1370 g/mol. The van der Waals surface area contributed by atoms with E-state index in [4.69, 9.17) is 50.3 Å². The number of furan rings is 8. The second-order valence-electron chi connectivity index (χ2n) is 26.7. The average Bonchev–Trinajstić information content (AvgIpc) is 1.61. The Hall–Kier alpha value is -13.3. The molecule has 0 unspecified atom stereocenters. The van der Waals surface area contributed by atoms with Crippen molar-refractivity contribution < 1.29 is 53.6 Å². The maximum atomic E-state index is 6.28. The Kier molecular flexibility index (Phi) is 15.0. The topological polar surface area (TPSA) is 172 Å². The predicted molar refractivity (Wildman–Crippen MR) is 405 cm³/mol. The Morgan fingerprint density at radius 2 is 0.654 bits per heavy atom. The fourth-order valence-electron chi connectivity index (χ4n) is 14.5. The van der Waals surface area contributed by atoms with E-state index in [0.29, 0.717) is 23.1 Å². The van der Waals surface area contributed by atoms with E-state index < -0.39 is 0 Å². The molecule has 0 saturated carbocycles. The van der Waals surface area contributed by atoms with Gasteiger partial charge in [-0.3, -0.25) is 0 Å². The Morgan fingerprint density at radius 3 is 1.11 bits per heavy atom. The Labute approximate surface area is 594 Å². The molecule has 0 aliphatic heterocycles. The standard InChI is InChI=1S/C26H19N2O2.2C21H17N2O2.C20H15N2O2/c1-16-12-13-19-23-18-10-6-7-11-21(18)29-26(23)30-24(19)22(16)25-27-20(14-15-28(25)2)17-8-4-3-5-9-17;2*1-12-10-16-18(11-15(12)20-22-13(2)8-9-23(20)3)25-21-19(16)14-6-4-5-7-17(14)24-21;1-12-10-15-17(11-14(12)19-21-8-5-9-22(19)2)24-20-18(15)13-6-3-4-7-16(13)23-20/h3-15H,1-2H3;2*4-11H,1-3H3;3-11H,1-2H3/q4*+1. The van der Waals surface area contributed by atoms with Crippen molar-refractivity contribution in [2.75, 3.05) is 0 Å². The maximum Gasteiger partial charge on any atom is 0.334 e. The lowest BCUT2D eigenvalue weighted by Crippen LogP contribution is -2.32. The third-order valence-corrected chi connectivity index (χ3v) is 19.7. The summed E-state index contributed by atoms with van der Waals surface area (Å²) in [5.41, 5.74) is 19.4. The van der Waals surface area contributed by atoms with E-state index in [-0.39, 0.29) is 0 Å². The van der Waals surface area contributed by atoms with E-state index in [1.807, 2.05) is 200 Å². The van der Waals surface area contributed by atoms with Gasteiger partial charge in [0.25, 0.3) is 23.1 Å². The monoisotopic (exact) mass is 1360 g/mol. The minimum Gasteiger partial charge on any atom is -0.425 e. The zero-order valence-electron chi connectivity index (χ0n) is 58.8. The molecule has 0 saturated heterocycles. The molecule has 104 heavy (non-hydrogen) atoms. The van der Waals surface area contributed by atoms with Crippen LogP contribution < -0.4 is 18.3 Å². The fraction of sp³-hybridized carbons (Fsp3) is 0.114.